The molecule has 0 amide bonds. The van der Waals surface area contributed by atoms with Crippen LogP contribution in [0.1, 0.15) is 6.92 Å². The molecule has 0 aliphatic rings. The number of methoxy groups -OCH3 is 1. The normalized spacial score (nSPS) is 10.1. The summed E-state index contributed by atoms with van der Waals surface area (Å²) in [6.07, 6.45) is 1.67. The summed E-state index contributed by atoms with van der Waals surface area (Å²) >= 11 is 0. The molecule has 1 rings (SSSR count). The lowest BCUT2D eigenvalue weighted by Crippen LogP contribution is -2.27. The van der Waals surface area contributed by atoms with Crippen molar-refractivity contribution in [2.24, 2.45) is 0 Å². The number of hydrogen-bond acceptors (Lipinski definition) is 4. The van der Waals surface area contributed by atoms with Crippen molar-refractivity contribution < 1.29 is 4.74 Å². The fraction of sp³-hybridized carbons (Fsp3) is 0.500. The van der Waals surface area contributed by atoms with Crippen molar-refractivity contribution in [2.45, 2.75) is 6.92 Å². The minimum Gasteiger partial charge on any atom is -0.397 e. The SMILES string of the molecule is CCN(CCOC)c1ccc(N)cn1. The molecule has 0 unspecified atom stereocenters. The Hall–Kier alpha value is -1.29. The molecule has 1 heterocycles. The highest BCUT2D eigenvalue weighted by atomic mass is 16.5. The Morgan fingerprint density at radius 2 is 2.29 bits per heavy atom. The van der Waals surface area contributed by atoms with Gasteiger partial charge >= 0.3 is 0 Å². The molecular formula is C10H17N3O. The Bertz CT molecular complexity index is 261. The summed E-state index contributed by atoms with van der Waals surface area (Å²) in [5, 5.41) is 0. The molecule has 0 aliphatic heterocycles. The highest BCUT2D eigenvalue weighted by Crippen LogP contribution is 2.11. The molecule has 1 aromatic heterocycles. The minimum absolute atomic E-state index is 0.691. The maximum Gasteiger partial charge on any atom is 0.128 e. The molecule has 4 nitrogen and oxygen atoms in total. The van der Waals surface area contributed by atoms with Crippen LogP contribution in [0.15, 0.2) is 18.3 Å². The summed E-state index contributed by atoms with van der Waals surface area (Å²) in [4.78, 5) is 6.39. The van der Waals surface area contributed by atoms with Gasteiger partial charge in [-0.3, -0.25) is 0 Å². The number of rotatable bonds is 5. The van der Waals surface area contributed by atoms with Crippen LogP contribution in [0.5, 0.6) is 0 Å². The first kappa shape index (κ1) is 10.8. The van der Waals surface area contributed by atoms with Gasteiger partial charge in [0.1, 0.15) is 5.82 Å². The lowest BCUT2D eigenvalue weighted by Gasteiger charge is -2.21. The number of ether oxygens (including phenoxy) is 1. The van der Waals surface area contributed by atoms with E-state index >= 15 is 0 Å². The van der Waals surface area contributed by atoms with Crippen molar-refractivity contribution in [2.75, 3.05) is 37.4 Å². The third kappa shape index (κ3) is 2.88. The average Bonchev–Trinajstić information content (AvgIpc) is 2.21. The molecule has 0 spiro atoms. The average molecular weight is 195 g/mol. The highest BCUT2D eigenvalue weighted by Gasteiger charge is 2.03. The zero-order chi connectivity index (χ0) is 10.4. The van der Waals surface area contributed by atoms with Gasteiger partial charge in [-0.1, -0.05) is 0 Å². The number of anilines is 2. The molecule has 0 aliphatic carbocycles. The smallest absolute Gasteiger partial charge is 0.128 e. The standard InChI is InChI=1S/C10H17N3O/c1-3-13(6-7-14-2)10-5-4-9(11)8-12-10/h4-5,8H,3,6-7,11H2,1-2H3. The largest absolute Gasteiger partial charge is 0.397 e. The quantitative estimate of drug-likeness (QED) is 0.765. The molecule has 2 N–H and O–H groups in total. The number of likely N-dealkylation sites (N-methyl/N-ethyl adjacent to an activating group) is 1. The van der Waals surface area contributed by atoms with Crippen molar-refractivity contribution in [3.8, 4) is 0 Å². The molecule has 4 heteroatoms. The molecule has 0 saturated carbocycles. The van der Waals surface area contributed by atoms with Gasteiger partial charge < -0.3 is 15.4 Å². The summed E-state index contributed by atoms with van der Waals surface area (Å²) in [5.41, 5.74) is 6.25. The van der Waals surface area contributed by atoms with E-state index in [9.17, 15) is 0 Å². The second-order valence-corrected chi connectivity index (χ2v) is 3.02. The number of aromatic nitrogens is 1. The Labute approximate surface area is 84.7 Å². The Morgan fingerprint density at radius 1 is 1.50 bits per heavy atom. The number of pyridine rings is 1. The topological polar surface area (TPSA) is 51.4 Å². The van der Waals surface area contributed by atoms with E-state index in [0.717, 1.165) is 18.9 Å². The molecule has 0 radical (unpaired) electrons. The van der Waals surface area contributed by atoms with Crippen molar-refractivity contribution in [3.63, 3.8) is 0 Å². The van der Waals surface area contributed by atoms with E-state index in [1.165, 1.54) is 0 Å². The van der Waals surface area contributed by atoms with Gasteiger partial charge in [-0.15, -0.1) is 0 Å². The van der Waals surface area contributed by atoms with Crippen LogP contribution in [0.3, 0.4) is 0 Å². The lowest BCUT2D eigenvalue weighted by molar-refractivity contribution is 0.205. The summed E-state index contributed by atoms with van der Waals surface area (Å²) < 4.78 is 5.03. The van der Waals surface area contributed by atoms with Crippen molar-refractivity contribution in [1.29, 1.82) is 0 Å². The Kier molecular flexibility index (Phi) is 4.19. The van der Waals surface area contributed by atoms with Crippen LogP contribution in [0, 0.1) is 0 Å². The van der Waals surface area contributed by atoms with E-state index < -0.39 is 0 Å². The number of nitrogen functional groups attached to an aromatic ring is 1. The van der Waals surface area contributed by atoms with Gasteiger partial charge in [0.15, 0.2) is 0 Å². The number of nitrogens with zero attached hydrogens (tertiary/aromatic N) is 2. The zero-order valence-corrected chi connectivity index (χ0v) is 8.73. The van der Waals surface area contributed by atoms with Gasteiger partial charge in [0.05, 0.1) is 18.5 Å². The van der Waals surface area contributed by atoms with Gasteiger partial charge in [-0.25, -0.2) is 4.98 Å². The second kappa shape index (κ2) is 5.44. The van der Waals surface area contributed by atoms with E-state index in [1.807, 2.05) is 12.1 Å². The molecule has 0 fully saturated rings. The molecule has 14 heavy (non-hydrogen) atoms. The van der Waals surface area contributed by atoms with Gasteiger partial charge in [0, 0.05) is 20.2 Å². The molecule has 0 saturated heterocycles. The van der Waals surface area contributed by atoms with Crippen molar-refractivity contribution in [3.05, 3.63) is 18.3 Å². The first-order valence-electron chi connectivity index (χ1n) is 4.73. The maximum atomic E-state index is 5.56. The van der Waals surface area contributed by atoms with E-state index in [4.69, 9.17) is 10.5 Å². The third-order valence-corrected chi connectivity index (χ3v) is 2.04. The van der Waals surface area contributed by atoms with Crippen LogP contribution in [-0.2, 0) is 4.74 Å². The summed E-state index contributed by atoms with van der Waals surface area (Å²) in [6, 6.07) is 3.78. The predicted octanol–water partition coefficient (Wildman–Crippen LogP) is 1.14. The van der Waals surface area contributed by atoms with Crippen LogP contribution in [0.2, 0.25) is 0 Å². The maximum absolute atomic E-state index is 5.56. The van der Waals surface area contributed by atoms with E-state index in [2.05, 4.69) is 16.8 Å². The van der Waals surface area contributed by atoms with Crippen LogP contribution in [0.25, 0.3) is 0 Å². The van der Waals surface area contributed by atoms with Crippen LogP contribution < -0.4 is 10.6 Å². The summed E-state index contributed by atoms with van der Waals surface area (Å²) in [7, 11) is 1.70. The molecule has 1 aromatic rings. The highest BCUT2D eigenvalue weighted by molar-refractivity contribution is 5.45. The lowest BCUT2D eigenvalue weighted by atomic mass is 10.4. The van der Waals surface area contributed by atoms with E-state index in [-0.39, 0.29) is 0 Å². The van der Waals surface area contributed by atoms with Gasteiger partial charge in [0.25, 0.3) is 0 Å². The Morgan fingerprint density at radius 3 is 2.79 bits per heavy atom. The first-order chi connectivity index (χ1) is 6.77. The van der Waals surface area contributed by atoms with E-state index in [1.54, 1.807) is 13.3 Å². The number of hydrogen-bond donors (Lipinski definition) is 1. The fourth-order valence-electron chi connectivity index (χ4n) is 1.22. The van der Waals surface area contributed by atoms with Gasteiger partial charge in [0.2, 0.25) is 0 Å². The van der Waals surface area contributed by atoms with Crippen LogP contribution in [0.4, 0.5) is 11.5 Å². The monoisotopic (exact) mass is 195 g/mol. The molecule has 0 bridgehead atoms. The number of nitrogens with two attached hydrogens (primary N) is 1. The van der Waals surface area contributed by atoms with E-state index in [0.29, 0.717) is 12.3 Å². The minimum atomic E-state index is 0.691. The Balaban J connectivity index is 2.64. The third-order valence-electron chi connectivity index (χ3n) is 2.04. The fourth-order valence-corrected chi connectivity index (χ4v) is 1.22. The molecular weight excluding hydrogens is 178 g/mol. The predicted molar refractivity (Wildman–Crippen MR) is 58.4 cm³/mol. The van der Waals surface area contributed by atoms with Gasteiger partial charge in [-0.2, -0.15) is 0 Å². The van der Waals surface area contributed by atoms with Crippen molar-refractivity contribution >= 4 is 11.5 Å². The molecule has 0 aromatic carbocycles. The summed E-state index contributed by atoms with van der Waals surface area (Å²) in [6.45, 7) is 4.57. The zero-order valence-electron chi connectivity index (χ0n) is 8.73. The molecule has 0 atom stereocenters. The van der Waals surface area contributed by atoms with Crippen LogP contribution in [-0.4, -0.2) is 31.8 Å². The second-order valence-electron chi connectivity index (χ2n) is 3.02. The van der Waals surface area contributed by atoms with Crippen molar-refractivity contribution in [1.82, 2.24) is 4.98 Å². The summed E-state index contributed by atoms with van der Waals surface area (Å²) in [5.74, 6) is 0.943. The van der Waals surface area contributed by atoms with Gasteiger partial charge in [-0.05, 0) is 19.1 Å². The van der Waals surface area contributed by atoms with Crippen LogP contribution >= 0.6 is 0 Å². The molecule has 78 valence electrons. The first-order valence-corrected chi connectivity index (χ1v) is 4.73.